The van der Waals surface area contributed by atoms with Crippen molar-refractivity contribution in [2.45, 2.75) is 52.2 Å². The third-order valence-electron chi connectivity index (χ3n) is 8.40. The van der Waals surface area contributed by atoms with E-state index in [0.29, 0.717) is 25.2 Å². The lowest BCUT2D eigenvalue weighted by molar-refractivity contribution is -0.140. The van der Waals surface area contributed by atoms with Crippen LogP contribution in [0, 0.1) is 12.3 Å². The van der Waals surface area contributed by atoms with E-state index in [1.807, 2.05) is 92.1 Å². The Morgan fingerprint density at radius 3 is 2.22 bits per heavy atom. The van der Waals surface area contributed by atoms with Gasteiger partial charge in [-0.25, -0.2) is 4.79 Å². The molecule has 41 heavy (non-hydrogen) atoms. The number of hydrogen-bond donors (Lipinski definition) is 1. The number of fused-ring (bicyclic) bond motifs is 3. The van der Waals surface area contributed by atoms with Gasteiger partial charge in [-0.15, -0.1) is 0 Å². The van der Waals surface area contributed by atoms with E-state index in [1.54, 1.807) is 22.9 Å². The lowest BCUT2D eigenvalue weighted by Crippen LogP contribution is -2.53. The van der Waals surface area contributed by atoms with Crippen LogP contribution < -0.4 is 0 Å². The Balaban J connectivity index is 1.25. The number of carboxylic acids is 1. The quantitative estimate of drug-likeness (QED) is 0.358. The van der Waals surface area contributed by atoms with E-state index in [4.69, 9.17) is 0 Å². The van der Waals surface area contributed by atoms with Gasteiger partial charge < -0.3 is 19.5 Å². The highest BCUT2D eigenvalue weighted by Crippen LogP contribution is 2.41. The molecule has 2 amide bonds. The first-order chi connectivity index (χ1) is 19.5. The van der Waals surface area contributed by atoms with Crippen LogP contribution in [0.5, 0.6) is 0 Å². The minimum Gasteiger partial charge on any atom is -0.477 e. The Kier molecular flexibility index (Phi) is 6.44. The molecule has 6 rings (SSSR count). The highest BCUT2D eigenvalue weighted by molar-refractivity contribution is 5.97. The van der Waals surface area contributed by atoms with Gasteiger partial charge >= 0.3 is 5.97 Å². The van der Waals surface area contributed by atoms with Crippen LogP contribution in [0.15, 0.2) is 72.9 Å². The molecule has 4 heterocycles. The van der Waals surface area contributed by atoms with Gasteiger partial charge in [0.15, 0.2) is 0 Å². The van der Waals surface area contributed by atoms with Crippen molar-refractivity contribution in [2.75, 3.05) is 13.1 Å². The Bertz CT molecular complexity index is 1650. The van der Waals surface area contributed by atoms with Crippen LogP contribution in [0.2, 0.25) is 0 Å². The molecule has 2 aromatic heterocycles. The van der Waals surface area contributed by atoms with Crippen molar-refractivity contribution >= 4 is 28.7 Å². The minimum absolute atomic E-state index is 0.102. The first kappa shape index (κ1) is 26.7. The zero-order valence-electron chi connectivity index (χ0n) is 23.7. The predicted molar refractivity (Wildman–Crippen MR) is 157 cm³/mol. The second kappa shape index (κ2) is 9.87. The summed E-state index contributed by atoms with van der Waals surface area (Å²) in [4.78, 5) is 48.2. The highest BCUT2D eigenvalue weighted by Gasteiger charge is 2.50. The number of carbonyl (C=O) groups excluding carboxylic acids is 2. The molecule has 8 nitrogen and oxygen atoms in total. The molecule has 0 aliphatic carbocycles. The zero-order valence-corrected chi connectivity index (χ0v) is 23.7. The van der Waals surface area contributed by atoms with Gasteiger partial charge in [0.1, 0.15) is 17.4 Å². The summed E-state index contributed by atoms with van der Waals surface area (Å²) < 4.78 is 1.71. The molecule has 0 unspecified atom stereocenters. The molecular weight excluding hydrogens is 516 g/mol. The molecule has 0 saturated carbocycles. The Morgan fingerprint density at radius 1 is 0.902 bits per heavy atom. The first-order valence-corrected chi connectivity index (χ1v) is 14.0. The van der Waals surface area contributed by atoms with Gasteiger partial charge in [-0.3, -0.25) is 14.6 Å². The SMILES string of the molecule is Cc1ccc2cc(C(=O)O)n([C@H](C(=O)N3C[C@@H]4C[C@H]3CN4C(=O)c3ccc(-c4ccccc4)cn3)C(C)(C)C)c2c1. The number of pyridine rings is 1. The van der Waals surface area contributed by atoms with Gasteiger partial charge in [-0.1, -0.05) is 69.3 Å². The molecule has 2 saturated heterocycles. The fourth-order valence-electron chi connectivity index (χ4n) is 6.45. The van der Waals surface area contributed by atoms with E-state index in [1.165, 1.54) is 0 Å². The second-order valence-electron chi connectivity index (χ2n) is 12.3. The number of nitrogens with zero attached hydrogens (tertiary/aromatic N) is 4. The molecule has 210 valence electrons. The van der Waals surface area contributed by atoms with Crippen LogP contribution >= 0.6 is 0 Å². The molecule has 2 aromatic carbocycles. The van der Waals surface area contributed by atoms with E-state index in [9.17, 15) is 19.5 Å². The number of hydrogen-bond acceptors (Lipinski definition) is 4. The van der Waals surface area contributed by atoms with Crippen LogP contribution in [0.4, 0.5) is 0 Å². The largest absolute Gasteiger partial charge is 0.477 e. The van der Waals surface area contributed by atoms with Crippen molar-refractivity contribution in [3.63, 3.8) is 0 Å². The van der Waals surface area contributed by atoms with Gasteiger partial charge in [0.2, 0.25) is 5.91 Å². The fraction of sp³-hybridized carbons (Fsp3) is 0.333. The van der Waals surface area contributed by atoms with Crippen molar-refractivity contribution in [3.05, 3.63) is 89.9 Å². The second-order valence-corrected chi connectivity index (χ2v) is 12.3. The summed E-state index contributed by atoms with van der Waals surface area (Å²) in [5, 5.41) is 10.9. The maximum Gasteiger partial charge on any atom is 0.352 e. The number of benzene rings is 2. The van der Waals surface area contributed by atoms with Crippen LogP contribution in [-0.2, 0) is 4.79 Å². The van der Waals surface area contributed by atoms with Gasteiger partial charge in [0, 0.05) is 35.8 Å². The molecule has 8 heteroatoms. The van der Waals surface area contributed by atoms with E-state index in [0.717, 1.165) is 27.6 Å². The minimum atomic E-state index is -1.06. The number of rotatable bonds is 5. The number of piperazine rings is 1. The van der Waals surface area contributed by atoms with Crippen molar-refractivity contribution in [2.24, 2.45) is 5.41 Å². The van der Waals surface area contributed by atoms with Crippen LogP contribution in [0.1, 0.15) is 59.8 Å². The van der Waals surface area contributed by atoms with E-state index >= 15 is 0 Å². The third-order valence-corrected chi connectivity index (χ3v) is 8.40. The molecule has 0 radical (unpaired) electrons. The molecular formula is C33H34N4O4. The lowest BCUT2D eigenvalue weighted by atomic mass is 9.85. The van der Waals surface area contributed by atoms with Crippen molar-refractivity contribution in [3.8, 4) is 11.1 Å². The molecule has 3 atom stereocenters. The van der Waals surface area contributed by atoms with Crippen LogP contribution in [0.25, 0.3) is 22.0 Å². The lowest BCUT2D eigenvalue weighted by Gasteiger charge is -2.40. The summed E-state index contributed by atoms with van der Waals surface area (Å²) in [5.74, 6) is -1.30. The van der Waals surface area contributed by atoms with Crippen LogP contribution in [0.3, 0.4) is 0 Å². The van der Waals surface area contributed by atoms with Crippen LogP contribution in [-0.4, -0.2) is 67.4 Å². The van der Waals surface area contributed by atoms with Gasteiger partial charge in [-0.05, 0) is 48.1 Å². The topological polar surface area (TPSA) is 95.7 Å². The number of carbonyl (C=O) groups is 3. The third kappa shape index (κ3) is 4.67. The van der Waals surface area contributed by atoms with Crippen molar-refractivity contribution in [1.29, 1.82) is 0 Å². The molecule has 0 spiro atoms. The Hall–Kier alpha value is -4.46. The average molecular weight is 551 g/mol. The van der Waals surface area contributed by atoms with E-state index in [-0.39, 0.29) is 29.6 Å². The number of aryl methyl sites for hydroxylation is 1. The predicted octanol–water partition coefficient (Wildman–Crippen LogP) is 5.42. The number of aromatic nitrogens is 2. The summed E-state index contributed by atoms with van der Waals surface area (Å²) in [6, 6.07) is 20.1. The number of aromatic carboxylic acids is 1. The summed E-state index contributed by atoms with van der Waals surface area (Å²) in [5.41, 5.74) is 3.66. The molecule has 4 aromatic rings. The molecule has 1 N–H and O–H groups in total. The summed E-state index contributed by atoms with van der Waals surface area (Å²) >= 11 is 0. The standard InChI is InChI=1S/C33H34N4O4/c1-20-10-11-22-15-28(32(40)41)37(27(22)14-20)29(33(2,3)4)31(39)36-19-24-16-25(36)18-35(24)30(38)26-13-12-23(17-34-26)21-8-6-5-7-9-21/h5-15,17,24-25,29H,16,18-19H2,1-4H3,(H,40,41)/t24-,25-,29+/m0/s1. The Labute approximate surface area is 239 Å². The smallest absolute Gasteiger partial charge is 0.352 e. The molecule has 2 bridgehead atoms. The van der Waals surface area contributed by atoms with E-state index < -0.39 is 17.4 Å². The molecule has 2 fully saturated rings. The van der Waals surface area contributed by atoms with Gasteiger partial charge in [0.25, 0.3) is 5.91 Å². The summed E-state index contributed by atoms with van der Waals surface area (Å²) in [7, 11) is 0. The highest BCUT2D eigenvalue weighted by atomic mass is 16.4. The van der Waals surface area contributed by atoms with Gasteiger partial charge in [-0.2, -0.15) is 0 Å². The molecule has 2 aliphatic heterocycles. The monoisotopic (exact) mass is 550 g/mol. The molecule has 2 aliphatic rings. The normalized spacial score (nSPS) is 19.1. The maximum atomic E-state index is 14.3. The fourth-order valence-corrected chi connectivity index (χ4v) is 6.45. The average Bonchev–Trinajstić information content (AvgIpc) is 3.66. The summed E-state index contributed by atoms with van der Waals surface area (Å²) in [6.07, 6.45) is 2.43. The number of amides is 2. The zero-order chi connectivity index (χ0) is 29.1. The first-order valence-electron chi connectivity index (χ1n) is 14.0. The van der Waals surface area contributed by atoms with E-state index in [2.05, 4.69) is 4.98 Å². The maximum absolute atomic E-state index is 14.3. The summed E-state index contributed by atoms with van der Waals surface area (Å²) in [6.45, 7) is 8.73. The van der Waals surface area contributed by atoms with Crippen molar-refractivity contribution in [1.82, 2.24) is 19.4 Å². The Morgan fingerprint density at radius 2 is 1.61 bits per heavy atom. The number of likely N-dealkylation sites (tertiary alicyclic amines) is 2. The number of carboxylic acid groups (broad SMARTS) is 1. The van der Waals surface area contributed by atoms with Gasteiger partial charge in [0.05, 0.1) is 12.1 Å². The van der Waals surface area contributed by atoms with Crippen molar-refractivity contribution < 1.29 is 19.5 Å².